The number of sulfonamides is 1. The summed E-state index contributed by atoms with van der Waals surface area (Å²) < 4.78 is 29.1. The predicted molar refractivity (Wildman–Crippen MR) is 161 cm³/mol. The molecule has 2 amide bonds. The monoisotopic (exact) mass is 583 g/mol. The van der Waals surface area contributed by atoms with E-state index in [1.807, 2.05) is 65.0 Å². The Morgan fingerprint density at radius 1 is 0.925 bits per heavy atom. The average Bonchev–Trinajstić information content (AvgIpc) is 2.88. The third kappa shape index (κ3) is 7.64. The van der Waals surface area contributed by atoms with Gasteiger partial charge in [0.2, 0.25) is 11.8 Å². The largest absolute Gasteiger partial charge is 0.350 e. The predicted octanol–water partition coefficient (Wildman–Crippen LogP) is 5.87. The maximum atomic E-state index is 14.1. The minimum atomic E-state index is -4.17. The highest BCUT2D eigenvalue weighted by Crippen LogP contribution is 2.31. The maximum Gasteiger partial charge on any atom is 0.264 e. The minimum absolute atomic E-state index is 0.0532. The molecule has 0 radical (unpaired) electrons. The zero-order valence-electron chi connectivity index (χ0n) is 23.9. The Labute approximate surface area is 243 Å². The van der Waals surface area contributed by atoms with Crippen LogP contribution >= 0.6 is 11.6 Å². The average molecular weight is 584 g/mol. The fourth-order valence-corrected chi connectivity index (χ4v) is 6.01. The van der Waals surface area contributed by atoms with Crippen LogP contribution in [0.15, 0.2) is 77.7 Å². The molecule has 0 aliphatic rings. The number of amides is 2. The van der Waals surface area contributed by atoms with E-state index in [4.69, 9.17) is 11.6 Å². The number of nitrogens with one attached hydrogen (secondary N) is 1. The number of hydrogen-bond donors (Lipinski definition) is 1. The van der Waals surface area contributed by atoms with Gasteiger partial charge in [-0.2, -0.15) is 0 Å². The molecule has 0 saturated heterocycles. The Morgan fingerprint density at radius 2 is 1.55 bits per heavy atom. The van der Waals surface area contributed by atoms with Gasteiger partial charge in [-0.1, -0.05) is 72.6 Å². The van der Waals surface area contributed by atoms with Crippen molar-refractivity contribution in [3.63, 3.8) is 0 Å². The summed E-state index contributed by atoms with van der Waals surface area (Å²) in [6.07, 6.45) is 0.349. The summed E-state index contributed by atoms with van der Waals surface area (Å²) in [5.74, 6) is -0.805. The molecule has 7 nitrogen and oxygen atoms in total. The molecule has 9 heteroatoms. The summed E-state index contributed by atoms with van der Waals surface area (Å²) in [4.78, 5) is 29.0. The topological polar surface area (TPSA) is 86.8 Å². The lowest BCUT2D eigenvalue weighted by Gasteiger charge is -2.35. The van der Waals surface area contributed by atoms with Gasteiger partial charge in [0, 0.05) is 17.1 Å². The Kier molecular flexibility index (Phi) is 10.0. The second-order valence-corrected chi connectivity index (χ2v) is 13.1. The van der Waals surface area contributed by atoms with Crippen molar-refractivity contribution >= 4 is 39.1 Å². The van der Waals surface area contributed by atoms with Gasteiger partial charge in [0.1, 0.15) is 12.6 Å². The van der Waals surface area contributed by atoms with Crippen LogP contribution in [0.5, 0.6) is 0 Å². The summed E-state index contributed by atoms with van der Waals surface area (Å²) in [7, 11) is -4.17. The van der Waals surface area contributed by atoms with Crippen LogP contribution in [0.25, 0.3) is 0 Å². The number of rotatable bonds is 10. The van der Waals surface area contributed by atoms with Crippen LogP contribution in [-0.2, 0) is 26.2 Å². The molecule has 3 aromatic carbocycles. The van der Waals surface area contributed by atoms with Crippen LogP contribution < -0.4 is 9.62 Å². The van der Waals surface area contributed by atoms with E-state index in [1.54, 1.807) is 37.3 Å². The summed E-state index contributed by atoms with van der Waals surface area (Å²) in [5.41, 5.74) is 2.05. The number of halogens is 1. The lowest BCUT2D eigenvalue weighted by molar-refractivity contribution is -0.141. The summed E-state index contributed by atoms with van der Waals surface area (Å²) in [6.45, 7) is 10.7. The molecule has 1 atom stereocenters. The van der Waals surface area contributed by atoms with E-state index in [0.717, 1.165) is 15.4 Å². The first-order valence-electron chi connectivity index (χ1n) is 13.2. The number of carbonyl (C=O) groups excluding carboxylic acids is 2. The van der Waals surface area contributed by atoms with Crippen LogP contribution in [0.4, 0.5) is 5.69 Å². The molecule has 0 fully saturated rings. The van der Waals surface area contributed by atoms with Gasteiger partial charge in [-0.05, 0) is 76.4 Å². The molecular weight excluding hydrogens is 546 g/mol. The molecule has 0 saturated carbocycles. The maximum absolute atomic E-state index is 14.1. The SMILES string of the molecule is CC[C@H](C(=O)NC(C)(C)C)N(Cc1ccccc1)C(=O)CN(c1cccc(Cl)c1C)S(=O)(=O)c1ccc(C)cc1. The van der Waals surface area contributed by atoms with Gasteiger partial charge in [-0.25, -0.2) is 8.42 Å². The highest BCUT2D eigenvalue weighted by molar-refractivity contribution is 7.92. The third-order valence-electron chi connectivity index (χ3n) is 6.48. The molecule has 3 rings (SSSR count). The van der Waals surface area contributed by atoms with Gasteiger partial charge in [0.15, 0.2) is 0 Å². The second-order valence-electron chi connectivity index (χ2n) is 10.9. The van der Waals surface area contributed by atoms with E-state index < -0.39 is 34.1 Å². The number of benzene rings is 3. The number of hydrogen-bond acceptors (Lipinski definition) is 4. The van der Waals surface area contributed by atoms with Gasteiger partial charge in [0.05, 0.1) is 10.6 Å². The van der Waals surface area contributed by atoms with E-state index >= 15 is 0 Å². The third-order valence-corrected chi connectivity index (χ3v) is 8.66. The Morgan fingerprint density at radius 3 is 2.12 bits per heavy atom. The first kappa shape index (κ1) is 31.2. The van der Waals surface area contributed by atoms with Gasteiger partial charge in [0.25, 0.3) is 10.0 Å². The van der Waals surface area contributed by atoms with Gasteiger partial charge < -0.3 is 10.2 Å². The standard InChI is InChI=1S/C31H38ClN3O4S/c1-7-27(30(37)33-31(4,5)6)34(20-24-12-9-8-10-13-24)29(36)21-35(28-15-11-14-26(32)23(28)3)40(38,39)25-18-16-22(2)17-19-25/h8-19,27H,7,20-21H2,1-6H3,(H,33,37)/t27-/m1/s1. The van der Waals surface area contributed by atoms with Crippen LogP contribution in [0.3, 0.4) is 0 Å². The molecular formula is C31H38ClN3O4S. The van der Waals surface area contributed by atoms with Crippen molar-refractivity contribution in [3.8, 4) is 0 Å². The number of nitrogens with zero attached hydrogens (tertiary/aromatic N) is 2. The normalized spacial score (nSPS) is 12.5. The van der Waals surface area contributed by atoms with Crippen molar-refractivity contribution in [2.75, 3.05) is 10.8 Å². The van der Waals surface area contributed by atoms with E-state index in [1.165, 1.54) is 17.0 Å². The minimum Gasteiger partial charge on any atom is -0.350 e. The summed E-state index contributed by atoms with van der Waals surface area (Å²) >= 11 is 6.39. The summed E-state index contributed by atoms with van der Waals surface area (Å²) in [5, 5.41) is 3.35. The lowest BCUT2D eigenvalue weighted by atomic mass is 10.1. The van der Waals surface area contributed by atoms with Gasteiger partial charge in [-0.15, -0.1) is 0 Å². The molecule has 0 unspecified atom stereocenters. The fraction of sp³-hybridized carbons (Fsp3) is 0.355. The molecule has 0 aliphatic heterocycles. The Balaban J connectivity index is 2.10. The van der Waals surface area contributed by atoms with Crippen molar-refractivity contribution in [2.24, 2.45) is 0 Å². The molecule has 0 bridgehead atoms. The van der Waals surface area contributed by atoms with Crippen molar-refractivity contribution < 1.29 is 18.0 Å². The van der Waals surface area contributed by atoms with Crippen molar-refractivity contribution in [2.45, 2.75) is 71.0 Å². The first-order chi connectivity index (χ1) is 18.7. The van der Waals surface area contributed by atoms with Crippen LogP contribution in [0, 0.1) is 13.8 Å². The van der Waals surface area contributed by atoms with E-state index in [-0.39, 0.29) is 17.3 Å². The van der Waals surface area contributed by atoms with Crippen molar-refractivity contribution in [1.29, 1.82) is 0 Å². The zero-order chi connectivity index (χ0) is 29.7. The molecule has 0 aliphatic carbocycles. The molecule has 1 N–H and O–H groups in total. The molecule has 214 valence electrons. The second kappa shape index (κ2) is 12.9. The summed E-state index contributed by atoms with van der Waals surface area (Å²) in [6, 6.07) is 19.9. The first-order valence-corrected chi connectivity index (χ1v) is 15.1. The van der Waals surface area contributed by atoms with Gasteiger partial charge in [-0.3, -0.25) is 13.9 Å². The number of anilines is 1. The highest BCUT2D eigenvalue weighted by Gasteiger charge is 2.35. The van der Waals surface area contributed by atoms with E-state index in [0.29, 0.717) is 22.7 Å². The molecule has 0 spiro atoms. The zero-order valence-corrected chi connectivity index (χ0v) is 25.5. The van der Waals surface area contributed by atoms with Gasteiger partial charge >= 0.3 is 0 Å². The van der Waals surface area contributed by atoms with Crippen LogP contribution in [-0.4, -0.2) is 43.3 Å². The molecule has 3 aromatic rings. The smallest absolute Gasteiger partial charge is 0.264 e. The quantitative estimate of drug-likeness (QED) is 0.323. The molecule has 0 heterocycles. The molecule has 0 aromatic heterocycles. The fourth-order valence-electron chi connectivity index (χ4n) is 4.37. The number of carbonyl (C=O) groups is 2. The Hall–Kier alpha value is -3.36. The lowest BCUT2D eigenvalue weighted by Crippen LogP contribution is -2.55. The Bertz CT molecular complexity index is 1440. The van der Waals surface area contributed by atoms with Crippen LogP contribution in [0.1, 0.15) is 50.8 Å². The van der Waals surface area contributed by atoms with E-state index in [2.05, 4.69) is 5.32 Å². The van der Waals surface area contributed by atoms with Crippen molar-refractivity contribution in [3.05, 3.63) is 94.5 Å². The van der Waals surface area contributed by atoms with E-state index in [9.17, 15) is 18.0 Å². The number of aryl methyl sites for hydroxylation is 1. The van der Waals surface area contributed by atoms with Crippen molar-refractivity contribution in [1.82, 2.24) is 10.2 Å². The molecule has 40 heavy (non-hydrogen) atoms. The highest BCUT2D eigenvalue weighted by atomic mass is 35.5. The van der Waals surface area contributed by atoms with Crippen LogP contribution in [0.2, 0.25) is 5.02 Å².